The van der Waals surface area contributed by atoms with Gasteiger partial charge in [-0.25, -0.2) is 4.98 Å². The van der Waals surface area contributed by atoms with Crippen molar-refractivity contribution in [3.8, 4) is 10.9 Å². The standard InChI is InChI=1S/C17H16N2O4S/c1-21-13-4-2-3-11-9-14(23-15(11)13)16(20)19-7-5-12(10-19)22-17-18-6-8-24-17/h2-4,6,8-9,12H,5,7,10H2,1H3. The number of hydrogen-bond acceptors (Lipinski definition) is 6. The van der Waals surface area contributed by atoms with Gasteiger partial charge in [0.15, 0.2) is 17.1 Å². The predicted octanol–water partition coefficient (Wildman–Crippen LogP) is 3.19. The Morgan fingerprint density at radius 3 is 3.17 bits per heavy atom. The summed E-state index contributed by atoms with van der Waals surface area (Å²) in [5, 5.41) is 3.37. The first-order chi connectivity index (χ1) is 11.7. The van der Waals surface area contributed by atoms with Gasteiger partial charge in [0.25, 0.3) is 11.1 Å². The van der Waals surface area contributed by atoms with Crippen molar-refractivity contribution in [3.63, 3.8) is 0 Å². The van der Waals surface area contributed by atoms with Crippen molar-refractivity contribution in [2.24, 2.45) is 0 Å². The summed E-state index contributed by atoms with van der Waals surface area (Å²) in [4.78, 5) is 18.6. The molecule has 2 aromatic heterocycles. The minimum absolute atomic E-state index is 0.0287. The summed E-state index contributed by atoms with van der Waals surface area (Å²) in [6, 6.07) is 7.35. The van der Waals surface area contributed by atoms with E-state index in [2.05, 4.69) is 4.98 Å². The number of furan rings is 1. The number of carbonyl (C=O) groups excluding carboxylic acids is 1. The summed E-state index contributed by atoms with van der Waals surface area (Å²) < 4.78 is 16.8. The second-order valence-corrected chi connectivity index (χ2v) is 6.42. The number of amides is 1. The van der Waals surface area contributed by atoms with Gasteiger partial charge in [0, 0.05) is 29.9 Å². The van der Waals surface area contributed by atoms with Crippen LogP contribution in [0.1, 0.15) is 17.0 Å². The monoisotopic (exact) mass is 344 g/mol. The summed E-state index contributed by atoms with van der Waals surface area (Å²) in [5.41, 5.74) is 0.595. The van der Waals surface area contributed by atoms with Crippen molar-refractivity contribution >= 4 is 28.2 Å². The summed E-state index contributed by atoms with van der Waals surface area (Å²) >= 11 is 1.45. The molecule has 124 valence electrons. The number of methoxy groups -OCH3 is 1. The Morgan fingerprint density at radius 1 is 1.46 bits per heavy atom. The van der Waals surface area contributed by atoms with Crippen LogP contribution in [0.3, 0.4) is 0 Å². The first-order valence-electron chi connectivity index (χ1n) is 7.66. The smallest absolute Gasteiger partial charge is 0.289 e. The molecule has 1 unspecified atom stereocenters. The third kappa shape index (κ3) is 2.71. The topological polar surface area (TPSA) is 64.8 Å². The maximum absolute atomic E-state index is 12.7. The average molecular weight is 344 g/mol. The van der Waals surface area contributed by atoms with Gasteiger partial charge in [-0.1, -0.05) is 23.5 Å². The van der Waals surface area contributed by atoms with E-state index in [0.29, 0.717) is 35.4 Å². The van der Waals surface area contributed by atoms with Crippen LogP contribution in [0.5, 0.6) is 10.9 Å². The highest BCUT2D eigenvalue weighted by Crippen LogP contribution is 2.29. The average Bonchev–Trinajstić information content (AvgIpc) is 3.34. The third-order valence-corrected chi connectivity index (χ3v) is 4.71. The van der Waals surface area contributed by atoms with Gasteiger partial charge >= 0.3 is 0 Å². The van der Waals surface area contributed by atoms with Crippen molar-refractivity contribution < 1.29 is 18.7 Å². The molecule has 1 amide bonds. The zero-order valence-corrected chi connectivity index (χ0v) is 13.9. The first-order valence-corrected chi connectivity index (χ1v) is 8.54. The minimum atomic E-state index is -0.126. The number of fused-ring (bicyclic) bond motifs is 1. The molecule has 7 heteroatoms. The van der Waals surface area contributed by atoms with Crippen LogP contribution in [-0.2, 0) is 0 Å². The second kappa shape index (κ2) is 6.16. The Labute approximate surface area is 142 Å². The molecule has 1 aliphatic rings. The van der Waals surface area contributed by atoms with Gasteiger partial charge in [-0.15, -0.1) is 0 Å². The number of nitrogens with zero attached hydrogens (tertiary/aromatic N) is 2. The van der Waals surface area contributed by atoms with Gasteiger partial charge in [-0.3, -0.25) is 4.79 Å². The molecule has 0 aliphatic carbocycles. The van der Waals surface area contributed by atoms with E-state index in [-0.39, 0.29) is 12.0 Å². The molecule has 6 nitrogen and oxygen atoms in total. The number of carbonyl (C=O) groups is 1. The van der Waals surface area contributed by atoms with Crippen molar-refractivity contribution in [2.75, 3.05) is 20.2 Å². The molecule has 0 saturated carbocycles. The maximum Gasteiger partial charge on any atom is 0.289 e. The zero-order chi connectivity index (χ0) is 16.5. The van der Waals surface area contributed by atoms with Crippen molar-refractivity contribution in [3.05, 3.63) is 41.6 Å². The molecule has 0 spiro atoms. The highest BCUT2D eigenvalue weighted by atomic mass is 32.1. The lowest BCUT2D eigenvalue weighted by molar-refractivity contribution is 0.0743. The molecule has 0 N–H and O–H groups in total. The summed E-state index contributed by atoms with van der Waals surface area (Å²) in [6.45, 7) is 1.18. The van der Waals surface area contributed by atoms with Gasteiger partial charge in [0.05, 0.1) is 13.7 Å². The molecule has 4 rings (SSSR count). The van der Waals surface area contributed by atoms with Crippen LogP contribution in [0.25, 0.3) is 11.0 Å². The van der Waals surface area contributed by atoms with E-state index in [1.807, 2.05) is 23.6 Å². The summed E-state index contributed by atoms with van der Waals surface area (Å²) in [6.07, 6.45) is 2.47. The molecule has 1 saturated heterocycles. The van der Waals surface area contributed by atoms with E-state index < -0.39 is 0 Å². The lowest BCUT2D eigenvalue weighted by Crippen LogP contribution is -2.30. The fourth-order valence-electron chi connectivity index (χ4n) is 2.88. The van der Waals surface area contributed by atoms with Crippen LogP contribution < -0.4 is 9.47 Å². The van der Waals surface area contributed by atoms with E-state index in [1.54, 1.807) is 24.3 Å². The van der Waals surface area contributed by atoms with Crippen molar-refractivity contribution in [2.45, 2.75) is 12.5 Å². The third-order valence-electron chi connectivity index (χ3n) is 4.05. The van der Waals surface area contributed by atoms with Gasteiger partial charge in [-0.2, -0.15) is 0 Å². The van der Waals surface area contributed by atoms with E-state index in [1.165, 1.54) is 11.3 Å². The van der Waals surface area contributed by atoms with E-state index in [0.717, 1.165) is 11.8 Å². The Morgan fingerprint density at radius 2 is 2.38 bits per heavy atom. The van der Waals surface area contributed by atoms with Crippen LogP contribution in [-0.4, -0.2) is 42.1 Å². The number of thiazole rings is 1. The number of para-hydroxylation sites is 1. The Kier molecular flexibility index (Phi) is 3.86. The highest BCUT2D eigenvalue weighted by Gasteiger charge is 2.30. The zero-order valence-electron chi connectivity index (χ0n) is 13.1. The minimum Gasteiger partial charge on any atom is -0.493 e. The largest absolute Gasteiger partial charge is 0.493 e. The molecule has 1 fully saturated rings. The van der Waals surface area contributed by atoms with E-state index >= 15 is 0 Å². The SMILES string of the molecule is COc1cccc2cc(C(=O)N3CCC(Oc4nccs4)C3)oc12. The highest BCUT2D eigenvalue weighted by molar-refractivity contribution is 7.11. The van der Waals surface area contributed by atoms with Crippen LogP contribution in [0.15, 0.2) is 40.3 Å². The quantitative estimate of drug-likeness (QED) is 0.727. The van der Waals surface area contributed by atoms with Gasteiger partial charge in [-0.05, 0) is 12.1 Å². The van der Waals surface area contributed by atoms with Crippen molar-refractivity contribution in [1.82, 2.24) is 9.88 Å². The molecule has 24 heavy (non-hydrogen) atoms. The lowest BCUT2D eigenvalue weighted by atomic mass is 10.2. The van der Waals surface area contributed by atoms with Crippen LogP contribution >= 0.6 is 11.3 Å². The Hall–Kier alpha value is -2.54. The van der Waals surface area contributed by atoms with Crippen LogP contribution in [0, 0.1) is 0 Å². The molecule has 1 aliphatic heterocycles. The fourth-order valence-corrected chi connectivity index (χ4v) is 3.43. The van der Waals surface area contributed by atoms with E-state index in [9.17, 15) is 4.79 Å². The molecule has 1 atom stereocenters. The van der Waals surface area contributed by atoms with Crippen LogP contribution in [0.4, 0.5) is 0 Å². The van der Waals surface area contributed by atoms with Crippen LogP contribution in [0.2, 0.25) is 0 Å². The first kappa shape index (κ1) is 15.0. The van der Waals surface area contributed by atoms with Gasteiger partial charge in [0.2, 0.25) is 0 Å². The second-order valence-electron chi connectivity index (χ2n) is 5.57. The van der Waals surface area contributed by atoms with Crippen molar-refractivity contribution in [1.29, 1.82) is 0 Å². The molecule has 0 bridgehead atoms. The molecule has 3 heterocycles. The summed E-state index contributed by atoms with van der Waals surface area (Å²) in [7, 11) is 1.58. The maximum atomic E-state index is 12.7. The number of rotatable bonds is 4. The van der Waals surface area contributed by atoms with E-state index in [4.69, 9.17) is 13.9 Å². The Balaban J connectivity index is 1.50. The lowest BCUT2D eigenvalue weighted by Gasteiger charge is -2.14. The molecule has 3 aromatic rings. The number of hydrogen-bond donors (Lipinski definition) is 0. The Bertz CT molecular complexity index is 859. The molecular formula is C17H16N2O4S. The normalized spacial score (nSPS) is 17.4. The predicted molar refractivity (Wildman–Crippen MR) is 89.8 cm³/mol. The number of benzene rings is 1. The number of aromatic nitrogens is 1. The number of likely N-dealkylation sites (tertiary alicyclic amines) is 1. The summed E-state index contributed by atoms with van der Waals surface area (Å²) in [5.74, 6) is 0.820. The molecule has 0 radical (unpaired) electrons. The number of ether oxygens (including phenoxy) is 2. The fraction of sp³-hybridized carbons (Fsp3) is 0.294. The molecular weight excluding hydrogens is 328 g/mol. The molecule has 1 aromatic carbocycles. The van der Waals surface area contributed by atoms with Gasteiger partial charge < -0.3 is 18.8 Å². The van der Waals surface area contributed by atoms with Gasteiger partial charge in [0.1, 0.15) is 6.10 Å².